The molecule has 0 radical (unpaired) electrons. The number of primary amides is 1. The van der Waals surface area contributed by atoms with Crippen molar-refractivity contribution in [1.29, 1.82) is 0 Å². The van der Waals surface area contributed by atoms with Gasteiger partial charge in [-0.1, -0.05) is 45.9 Å². The molecule has 3 amide bonds. The molecule has 2 saturated carbocycles. The van der Waals surface area contributed by atoms with Gasteiger partial charge in [-0.15, -0.1) is 0 Å². The molecule has 2 unspecified atom stereocenters. The number of nitrogens with one attached hydrogen (secondary N) is 2. The predicted octanol–water partition coefficient (Wildman–Crippen LogP) is 2.01. The van der Waals surface area contributed by atoms with Crippen LogP contribution in [-0.2, 0) is 20.7 Å². The van der Waals surface area contributed by atoms with Gasteiger partial charge in [0.05, 0.1) is 24.2 Å². The van der Waals surface area contributed by atoms with E-state index in [1.165, 1.54) is 13.2 Å². The third-order valence-corrected chi connectivity index (χ3v) is 10.7. The van der Waals surface area contributed by atoms with Gasteiger partial charge in [0.1, 0.15) is 17.8 Å². The van der Waals surface area contributed by atoms with Crippen molar-refractivity contribution in [1.82, 2.24) is 5.32 Å². The van der Waals surface area contributed by atoms with Crippen molar-refractivity contribution in [3.05, 3.63) is 47.5 Å². The van der Waals surface area contributed by atoms with E-state index in [0.717, 1.165) is 0 Å². The van der Waals surface area contributed by atoms with Crippen LogP contribution in [0.1, 0.15) is 50.0 Å². The second-order valence-corrected chi connectivity index (χ2v) is 13.9. The van der Waals surface area contributed by atoms with Gasteiger partial charge in [0.15, 0.2) is 17.2 Å². The van der Waals surface area contributed by atoms with Crippen molar-refractivity contribution in [3.8, 4) is 16.9 Å². The number of fused-ring (bicyclic) bond motifs is 3. The summed E-state index contributed by atoms with van der Waals surface area (Å²) in [6, 6.07) is 9.67. The lowest BCUT2D eigenvalue weighted by atomic mass is 9.39. The Morgan fingerprint density at radius 1 is 1.09 bits per heavy atom. The molecule has 5 rings (SSSR count). The van der Waals surface area contributed by atoms with Crippen molar-refractivity contribution in [2.75, 3.05) is 25.6 Å². The number of phenolic OH excluding ortho intramolecular Hbond substituents is 1. The van der Waals surface area contributed by atoms with Crippen molar-refractivity contribution >= 4 is 29.2 Å². The van der Waals surface area contributed by atoms with Gasteiger partial charge in [-0.25, -0.2) is 4.79 Å². The number of anilines is 1. The molecule has 0 heterocycles. The highest BCUT2D eigenvalue weighted by Gasteiger charge is 2.75. The lowest BCUT2D eigenvalue weighted by Gasteiger charge is -2.66. The summed E-state index contributed by atoms with van der Waals surface area (Å²) in [6.45, 7) is 7.75. The van der Waals surface area contributed by atoms with Crippen molar-refractivity contribution in [2.24, 2.45) is 40.2 Å². The van der Waals surface area contributed by atoms with Crippen LogP contribution >= 0.6 is 0 Å². The Labute approximate surface area is 267 Å². The fourth-order valence-corrected chi connectivity index (χ4v) is 8.98. The number of Topliss-reactive ketones (excluding diaryl/α,β-unsaturated/α-hetero) is 2. The fraction of sp³-hybridized carbons (Fsp3) is 0.529. The number of aromatic hydroxyl groups is 1. The van der Waals surface area contributed by atoms with Gasteiger partial charge < -0.3 is 41.5 Å². The molecule has 3 aliphatic rings. The summed E-state index contributed by atoms with van der Waals surface area (Å²) in [5, 5.41) is 51.9. The van der Waals surface area contributed by atoms with Gasteiger partial charge in [0.2, 0.25) is 5.91 Å². The van der Waals surface area contributed by atoms with E-state index in [4.69, 9.17) is 10.5 Å². The highest BCUT2D eigenvalue weighted by Crippen LogP contribution is 2.66. The number of hydrogen-bond donors (Lipinski definition) is 7. The van der Waals surface area contributed by atoms with E-state index in [9.17, 15) is 39.6 Å². The first-order valence-electron chi connectivity index (χ1n) is 15.5. The zero-order valence-electron chi connectivity index (χ0n) is 26.7. The number of methoxy groups -OCH3 is 1. The monoisotopic (exact) mass is 637 g/mol. The molecule has 0 spiro atoms. The van der Waals surface area contributed by atoms with E-state index in [1.54, 1.807) is 51.1 Å². The summed E-state index contributed by atoms with van der Waals surface area (Å²) in [6.07, 6.45) is -3.19. The Morgan fingerprint density at radius 2 is 1.74 bits per heavy atom. The quantitative estimate of drug-likeness (QED) is 0.175. The molecule has 8 N–H and O–H groups in total. The zero-order valence-corrected chi connectivity index (χ0v) is 26.7. The van der Waals surface area contributed by atoms with Gasteiger partial charge in [0.25, 0.3) is 0 Å². The highest BCUT2D eigenvalue weighted by molar-refractivity contribution is 6.09. The number of carbonyl (C=O) groups excluding carboxylic acids is 4. The third kappa shape index (κ3) is 4.90. The van der Waals surface area contributed by atoms with Crippen LogP contribution in [0.4, 0.5) is 10.5 Å². The van der Waals surface area contributed by atoms with Crippen LogP contribution in [0.5, 0.6) is 5.75 Å². The maximum absolute atomic E-state index is 14.3. The molecule has 2 aromatic carbocycles. The van der Waals surface area contributed by atoms with Crippen LogP contribution in [0, 0.1) is 34.5 Å². The number of phenols is 1. The Hall–Kier alpha value is -3.84. The Kier molecular flexibility index (Phi) is 8.56. The number of carbonyl (C=O) groups is 4. The normalized spacial score (nSPS) is 33.5. The first kappa shape index (κ1) is 33.5. The van der Waals surface area contributed by atoms with Gasteiger partial charge in [-0.05, 0) is 65.0 Å². The number of aliphatic hydroxyl groups is 3. The second kappa shape index (κ2) is 11.8. The molecule has 248 valence electrons. The predicted molar refractivity (Wildman–Crippen MR) is 168 cm³/mol. The van der Waals surface area contributed by atoms with E-state index >= 15 is 0 Å². The van der Waals surface area contributed by atoms with Crippen molar-refractivity contribution in [2.45, 2.75) is 58.3 Å². The first-order valence-corrected chi connectivity index (χ1v) is 15.5. The largest absolute Gasteiger partial charge is 0.507 e. The number of ketones is 2. The number of ether oxygens (including phenoxy) is 1. The van der Waals surface area contributed by atoms with Crippen LogP contribution in [0.15, 0.2) is 36.4 Å². The van der Waals surface area contributed by atoms with E-state index < -0.39 is 69.9 Å². The van der Waals surface area contributed by atoms with Crippen LogP contribution < -0.4 is 16.4 Å². The number of hydrogen-bond acceptors (Lipinski definition) is 9. The number of nitrogens with two attached hydrogens (primary N) is 1. The molecule has 46 heavy (non-hydrogen) atoms. The third-order valence-electron chi connectivity index (χ3n) is 10.7. The minimum Gasteiger partial charge on any atom is -0.507 e. The lowest BCUT2D eigenvalue weighted by Crippen LogP contribution is -2.79. The van der Waals surface area contributed by atoms with Crippen LogP contribution in [0.3, 0.4) is 0 Å². The van der Waals surface area contributed by atoms with Gasteiger partial charge in [-0.3, -0.25) is 14.4 Å². The summed E-state index contributed by atoms with van der Waals surface area (Å²) < 4.78 is 4.94. The molecule has 3 aliphatic carbocycles. The minimum absolute atomic E-state index is 0.0129. The zero-order chi connectivity index (χ0) is 33.9. The average Bonchev–Trinajstić information content (AvgIpc) is 2.95. The molecule has 0 bridgehead atoms. The van der Waals surface area contributed by atoms with Gasteiger partial charge in [-0.2, -0.15) is 0 Å². The van der Waals surface area contributed by atoms with Crippen molar-refractivity contribution in [3.63, 3.8) is 0 Å². The lowest BCUT2D eigenvalue weighted by molar-refractivity contribution is -0.265. The molecule has 12 nitrogen and oxygen atoms in total. The first-order chi connectivity index (χ1) is 21.5. The summed E-state index contributed by atoms with van der Waals surface area (Å²) in [5.41, 5.74) is 2.93. The van der Waals surface area contributed by atoms with E-state index in [1.807, 2.05) is 6.92 Å². The maximum atomic E-state index is 14.3. The molecule has 2 fully saturated rings. The smallest absolute Gasteiger partial charge is 0.319 e. The number of rotatable bonds is 7. The Morgan fingerprint density at radius 3 is 2.33 bits per heavy atom. The molecule has 12 heteroatoms. The minimum atomic E-state index is -2.57. The number of amides is 3. The highest BCUT2D eigenvalue weighted by atomic mass is 16.5. The molecule has 0 aliphatic heterocycles. The standard InChI is InChI=1S/C34H43N3O9/c1-16(2)24-27(40)23(30(35)43)28(41)34(45)29(42)25-26(39)22-20(14-32(25,3)15-33(24,34)4)19(10-11-21(22)38)17-6-8-18(9-7-17)37-31(44)36-12-13-46-5/h6-11,16,23-25,27,29,38,40,42,45H,12-15H2,1-5H3,(H2,35,43)(H2,36,37,44)/t23-,24+,25-,27?,29?,32-,33-,34+/m1/s1. The Bertz CT molecular complexity index is 1580. The fourth-order valence-electron chi connectivity index (χ4n) is 8.98. The summed E-state index contributed by atoms with van der Waals surface area (Å²) >= 11 is 0. The van der Waals surface area contributed by atoms with E-state index in [0.29, 0.717) is 35.5 Å². The molecule has 0 saturated heterocycles. The summed E-state index contributed by atoms with van der Waals surface area (Å²) in [5.74, 6) is -7.38. The Balaban J connectivity index is 1.57. The average molecular weight is 638 g/mol. The van der Waals surface area contributed by atoms with Crippen molar-refractivity contribution < 1.29 is 44.3 Å². The number of benzene rings is 2. The van der Waals surface area contributed by atoms with Crippen LogP contribution in [0.25, 0.3) is 11.1 Å². The summed E-state index contributed by atoms with van der Waals surface area (Å²) in [4.78, 5) is 52.8. The molecule has 0 aromatic heterocycles. The molecule has 2 aromatic rings. The topological polar surface area (TPSA) is 209 Å². The number of aliphatic hydroxyl groups excluding tert-OH is 2. The van der Waals surface area contributed by atoms with Gasteiger partial charge in [0, 0.05) is 24.8 Å². The van der Waals surface area contributed by atoms with Crippen LogP contribution in [0.2, 0.25) is 0 Å². The maximum Gasteiger partial charge on any atom is 0.319 e. The molecular formula is C34H43N3O9. The number of urea groups is 1. The van der Waals surface area contributed by atoms with E-state index in [2.05, 4.69) is 10.6 Å². The SMILES string of the molecule is COCCNC(=O)Nc1ccc(-c2ccc(O)c3c2C[C@]2(C)C[C@]4(C)[C@@H](C(C)C)C(O)[C@@H](C(N)=O)C(=O)[C@]4(O)C(O)[C@H]2C3=O)cc1. The van der Waals surface area contributed by atoms with E-state index in [-0.39, 0.29) is 30.1 Å². The van der Waals surface area contributed by atoms with Crippen LogP contribution in [-0.4, -0.2) is 82.0 Å². The van der Waals surface area contributed by atoms with Gasteiger partial charge >= 0.3 is 6.03 Å². The summed E-state index contributed by atoms with van der Waals surface area (Å²) in [7, 11) is 1.54. The second-order valence-electron chi connectivity index (χ2n) is 13.9. The molecule has 8 atom stereocenters. The molecular weight excluding hydrogens is 594 g/mol.